The number of thiophene rings is 1. The summed E-state index contributed by atoms with van der Waals surface area (Å²) in [5.74, 6) is 0.613. The van der Waals surface area contributed by atoms with Crippen LogP contribution in [0.25, 0.3) is 0 Å². The quantitative estimate of drug-likeness (QED) is 0.869. The molecule has 0 aliphatic heterocycles. The second kappa shape index (κ2) is 6.05. The topological polar surface area (TPSA) is 48.7 Å². The highest BCUT2D eigenvalue weighted by molar-refractivity contribution is 7.16. The largest absolute Gasteiger partial charge is 0.370 e. The first-order chi connectivity index (χ1) is 8.67. The van der Waals surface area contributed by atoms with Gasteiger partial charge in [0.15, 0.2) is 0 Å². The number of pyridine rings is 1. The van der Waals surface area contributed by atoms with Gasteiger partial charge in [-0.05, 0) is 30.7 Å². The summed E-state index contributed by atoms with van der Waals surface area (Å²) in [4.78, 5) is 5.30. The molecule has 0 spiro atoms. The summed E-state index contributed by atoms with van der Waals surface area (Å²) in [6.45, 7) is 0.717. The van der Waals surface area contributed by atoms with Gasteiger partial charge in [0.05, 0.1) is 16.0 Å². The normalized spacial score (nSPS) is 10.1. The lowest BCUT2D eigenvalue weighted by atomic mass is 10.3. The van der Waals surface area contributed by atoms with E-state index in [1.54, 1.807) is 17.4 Å². The fraction of sp³-hybridized carbons (Fsp3) is 0.167. The standard InChI is InChI=1S/C12H9Cl2N3S/c13-10-5-8(7-15)6-12(17-10)16-4-3-9-1-2-11(14)18-9/h1-2,5-6H,3-4H2,(H,16,17). The predicted molar refractivity (Wildman–Crippen MR) is 75.5 cm³/mol. The number of nitriles is 1. The van der Waals surface area contributed by atoms with E-state index in [2.05, 4.69) is 10.3 Å². The van der Waals surface area contributed by atoms with Crippen LogP contribution >= 0.6 is 34.5 Å². The molecule has 0 saturated heterocycles. The molecule has 0 radical (unpaired) electrons. The zero-order valence-electron chi connectivity index (χ0n) is 9.28. The molecule has 1 N–H and O–H groups in total. The van der Waals surface area contributed by atoms with Crippen molar-refractivity contribution < 1.29 is 0 Å². The fourth-order valence-electron chi connectivity index (χ4n) is 1.45. The average Bonchev–Trinajstić information content (AvgIpc) is 2.74. The first-order valence-electron chi connectivity index (χ1n) is 5.23. The fourth-order valence-corrected chi connectivity index (χ4v) is 2.75. The molecule has 0 aliphatic rings. The Hall–Kier alpha value is -1.28. The number of nitrogens with zero attached hydrogens (tertiary/aromatic N) is 2. The van der Waals surface area contributed by atoms with E-state index in [-0.39, 0.29) is 0 Å². The van der Waals surface area contributed by atoms with Crippen LogP contribution in [0.1, 0.15) is 10.4 Å². The van der Waals surface area contributed by atoms with E-state index in [4.69, 9.17) is 28.5 Å². The summed E-state index contributed by atoms with van der Waals surface area (Å²) < 4.78 is 0.789. The van der Waals surface area contributed by atoms with Gasteiger partial charge in [0.25, 0.3) is 0 Å². The highest BCUT2D eigenvalue weighted by Crippen LogP contribution is 2.21. The minimum atomic E-state index is 0.315. The van der Waals surface area contributed by atoms with Crippen LogP contribution in [0.2, 0.25) is 9.49 Å². The van der Waals surface area contributed by atoms with Crippen molar-refractivity contribution >= 4 is 40.4 Å². The Morgan fingerprint density at radius 2 is 2.17 bits per heavy atom. The Balaban J connectivity index is 1.94. The Labute approximate surface area is 119 Å². The van der Waals surface area contributed by atoms with Crippen LogP contribution in [-0.4, -0.2) is 11.5 Å². The van der Waals surface area contributed by atoms with Gasteiger partial charge < -0.3 is 5.32 Å². The monoisotopic (exact) mass is 297 g/mol. The molecule has 0 unspecified atom stereocenters. The van der Waals surface area contributed by atoms with Crippen molar-refractivity contribution in [3.8, 4) is 6.07 Å². The summed E-state index contributed by atoms with van der Waals surface area (Å²) in [5, 5.41) is 12.3. The highest BCUT2D eigenvalue weighted by Gasteiger charge is 2.02. The van der Waals surface area contributed by atoms with Crippen LogP contribution in [0, 0.1) is 11.3 Å². The van der Waals surface area contributed by atoms with E-state index >= 15 is 0 Å². The van der Waals surface area contributed by atoms with Gasteiger partial charge in [-0.2, -0.15) is 5.26 Å². The number of rotatable bonds is 4. The molecule has 2 heterocycles. The van der Waals surface area contributed by atoms with Crippen molar-refractivity contribution in [3.05, 3.63) is 44.2 Å². The summed E-state index contributed by atoms with van der Waals surface area (Å²) in [6, 6.07) is 9.13. The van der Waals surface area contributed by atoms with Gasteiger partial charge in [-0.3, -0.25) is 0 Å². The molecule has 2 aromatic rings. The van der Waals surface area contributed by atoms with Crippen molar-refractivity contribution in [2.45, 2.75) is 6.42 Å². The van der Waals surface area contributed by atoms with E-state index in [0.717, 1.165) is 17.3 Å². The molecule has 0 fully saturated rings. The van der Waals surface area contributed by atoms with Gasteiger partial charge in [-0.1, -0.05) is 23.2 Å². The smallest absolute Gasteiger partial charge is 0.132 e. The number of hydrogen-bond acceptors (Lipinski definition) is 4. The molecule has 0 aliphatic carbocycles. The first kappa shape index (κ1) is 13.2. The number of hydrogen-bond donors (Lipinski definition) is 1. The maximum atomic E-state index is 8.82. The van der Waals surface area contributed by atoms with Crippen LogP contribution in [0.5, 0.6) is 0 Å². The average molecular weight is 298 g/mol. The molecule has 6 heteroatoms. The lowest BCUT2D eigenvalue weighted by Gasteiger charge is -2.05. The zero-order valence-corrected chi connectivity index (χ0v) is 11.6. The second-order valence-electron chi connectivity index (χ2n) is 3.56. The van der Waals surface area contributed by atoms with Gasteiger partial charge in [0.2, 0.25) is 0 Å². The molecule has 0 atom stereocenters. The van der Waals surface area contributed by atoms with E-state index in [0.29, 0.717) is 16.5 Å². The molecule has 2 aromatic heterocycles. The van der Waals surface area contributed by atoms with Crippen molar-refractivity contribution in [2.75, 3.05) is 11.9 Å². The molecule has 92 valence electrons. The first-order valence-corrected chi connectivity index (χ1v) is 6.80. The number of halogens is 2. The summed E-state index contributed by atoms with van der Waals surface area (Å²) in [6.07, 6.45) is 0.855. The highest BCUT2D eigenvalue weighted by atomic mass is 35.5. The van der Waals surface area contributed by atoms with Gasteiger partial charge in [-0.25, -0.2) is 4.98 Å². The minimum Gasteiger partial charge on any atom is -0.370 e. The molecular weight excluding hydrogens is 289 g/mol. The SMILES string of the molecule is N#Cc1cc(Cl)nc(NCCc2ccc(Cl)s2)c1. The molecule has 0 aromatic carbocycles. The van der Waals surface area contributed by atoms with Crippen molar-refractivity contribution in [1.82, 2.24) is 4.98 Å². The molecular formula is C12H9Cl2N3S. The van der Waals surface area contributed by atoms with Crippen LogP contribution < -0.4 is 5.32 Å². The molecule has 2 rings (SSSR count). The maximum Gasteiger partial charge on any atom is 0.132 e. The Kier molecular flexibility index (Phi) is 4.43. The molecule has 18 heavy (non-hydrogen) atoms. The van der Waals surface area contributed by atoms with Gasteiger partial charge in [-0.15, -0.1) is 11.3 Å². The predicted octanol–water partition coefficient (Wildman–Crippen LogP) is 3.98. The van der Waals surface area contributed by atoms with Crippen molar-refractivity contribution in [1.29, 1.82) is 5.26 Å². The second-order valence-corrected chi connectivity index (χ2v) is 5.75. The zero-order chi connectivity index (χ0) is 13.0. The van der Waals surface area contributed by atoms with Crippen molar-refractivity contribution in [2.24, 2.45) is 0 Å². The van der Waals surface area contributed by atoms with Crippen LogP contribution in [-0.2, 0) is 6.42 Å². The van der Waals surface area contributed by atoms with Crippen LogP contribution in [0.4, 0.5) is 5.82 Å². The van der Waals surface area contributed by atoms with Gasteiger partial charge in [0.1, 0.15) is 11.0 Å². The third-order valence-electron chi connectivity index (χ3n) is 2.23. The van der Waals surface area contributed by atoms with Gasteiger partial charge in [0, 0.05) is 11.4 Å². The number of anilines is 1. The Bertz CT molecular complexity index is 589. The molecule has 0 amide bonds. The molecule has 0 saturated carbocycles. The summed E-state index contributed by atoms with van der Waals surface area (Å²) >= 11 is 13.2. The third-order valence-corrected chi connectivity index (χ3v) is 3.71. The van der Waals surface area contributed by atoms with Crippen LogP contribution in [0.3, 0.4) is 0 Å². The van der Waals surface area contributed by atoms with E-state index in [9.17, 15) is 0 Å². The van der Waals surface area contributed by atoms with E-state index in [1.165, 1.54) is 10.9 Å². The lowest BCUT2D eigenvalue weighted by Crippen LogP contribution is -2.05. The van der Waals surface area contributed by atoms with Gasteiger partial charge >= 0.3 is 0 Å². The lowest BCUT2D eigenvalue weighted by molar-refractivity contribution is 1.03. The minimum absolute atomic E-state index is 0.315. The Morgan fingerprint density at radius 1 is 1.33 bits per heavy atom. The van der Waals surface area contributed by atoms with Crippen LogP contribution in [0.15, 0.2) is 24.3 Å². The van der Waals surface area contributed by atoms with E-state index in [1.807, 2.05) is 18.2 Å². The summed E-state index contributed by atoms with van der Waals surface area (Å²) in [7, 11) is 0. The third kappa shape index (κ3) is 3.61. The molecule has 0 bridgehead atoms. The number of nitrogens with one attached hydrogen (secondary N) is 1. The Morgan fingerprint density at radius 3 is 2.83 bits per heavy atom. The number of aromatic nitrogens is 1. The van der Waals surface area contributed by atoms with E-state index < -0.39 is 0 Å². The maximum absolute atomic E-state index is 8.82. The van der Waals surface area contributed by atoms with Crippen molar-refractivity contribution in [3.63, 3.8) is 0 Å². The molecule has 3 nitrogen and oxygen atoms in total. The summed E-state index contributed by atoms with van der Waals surface area (Å²) in [5.41, 5.74) is 0.497.